The molecule has 2 aliphatic heterocycles. The Labute approximate surface area is 311 Å². The Bertz CT molecular complexity index is 1910. The van der Waals surface area contributed by atoms with E-state index in [0.717, 1.165) is 11.1 Å². The predicted molar refractivity (Wildman–Crippen MR) is 202 cm³/mol. The number of hydrogen-bond donors (Lipinski definition) is 6. The fraction of sp³-hybridized carbons (Fsp3) is 0.250. The van der Waals surface area contributed by atoms with Gasteiger partial charge in [-0.25, -0.2) is 9.59 Å². The Kier molecular flexibility index (Phi) is 11.5. The van der Waals surface area contributed by atoms with Crippen molar-refractivity contribution in [2.45, 2.75) is 50.6 Å². The lowest BCUT2D eigenvalue weighted by Crippen LogP contribution is -2.43. The SMILES string of the molecule is O=C(O)Nc1cc(NC(=O)C2CCCN2C(=O)Cc2ccccc2)ccc1-c1ccc(NC(=O)[C@H]2CCCN2C(=O)Cc2ccccc2)cc1NC(=O)O. The summed E-state index contributed by atoms with van der Waals surface area (Å²) in [6, 6.07) is 26.1. The van der Waals surface area contributed by atoms with Gasteiger partial charge in [-0.2, -0.15) is 0 Å². The minimum atomic E-state index is -1.40. The number of carbonyl (C=O) groups is 6. The molecule has 2 fully saturated rings. The Hall–Kier alpha value is -6.70. The molecule has 14 heteroatoms. The number of amides is 6. The van der Waals surface area contributed by atoms with Crippen molar-refractivity contribution >= 4 is 58.6 Å². The van der Waals surface area contributed by atoms with Gasteiger partial charge in [0.25, 0.3) is 0 Å². The molecule has 6 rings (SSSR count). The number of rotatable bonds is 11. The number of anilines is 4. The summed E-state index contributed by atoms with van der Waals surface area (Å²) < 4.78 is 0. The second kappa shape index (κ2) is 16.8. The van der Waals surface area contributed by atoms with Crippen molar-refractivity contribution in [3.05, 3.63) is 108 Å². The van der Waals surface area contributed by atoms with E-state index in [9.17, 15) is 39.0 Å². The molecule has 4 aromatic rings. The average molecular weight is 733 g/mol. The highest BCUT2D eigenvalue weighted by Gasteiger charge is 2.35. The van der Waals surface area contributed by atoms with Gasteiger partial charge in [0.15, 0.2) is 0 Å². The van der Waals surface area contributed by atoms with Crippen molar-refractivity contribution in [1.82, 2.24) is 9.80 Å². The predicted octanol–water partition coefficient (Wildman–Crippen LogP) is 5.88. The maximum atomic E-state index is 13.4. The highest BCUT2D eigenvalue weighted by molar-refractivity contribution is 6.03. The maximum absolute atomic E-state index is 13.4. The molecular weight excluding hydrogens is 692 g/mol. The van der Waals surface area contributed by atoms with Crippen LogP contribution in [-0.4, -0.2) is 81.0 Å². The molecule has 0 radical (unpaired) electrons. The largest absolute Gasteiger partial charge is 0.465 e. The van der Waals surface area contributed by atoms with Gasteiger partial charge in [0, 0.05) is 35.6 Å². The molecule has 0 aromatic heterocycles. The fourth-order valence-electron chi connectivity index (χ4n) is 7.02. The third kappa shape index (κ3) is 9.02. The zero-order valence-electron chi connectivity index (χ0n) is 29.3. The Morgan fingerprint density at radius 3 is 1.30 bits per heavy atom. The smallest absolute Gasteiger partial charge is 0.409 e. The molecule has 1 unspecified atom stereocenters. The van der Waals surface area contributed by atoms with Crippen LogP contribution < -0.4 is 21.3 Å². The summed E-state index contributed by atoms with van der Waals surface area (Å²) >= 11 is 0. The van der Waals surface area contributed by atoms with E-state index < -0.39 is 36.1 Å². The standard InChI is InChI=1S/C40H40N6O8/c47-35(21-25-9-3-1-4-10-25)45-19-7-13-33(45)37(49)41-27-15-17-29(31(23-27)43-39(51)52)30-18-16-28(24-32(30)44-40(53)54)42-38(50)34-14-8-20-46(34)36(48)22-26-11-5-2-6-12-26/h1-6,9-12,15-18,23-24,33-34,43-44H,7-8,13-14,19-22H2,(H,41,49)(H,42,50)(H,51,52)(H,53,54)/t33-,34?/m1/s1. The maximum Gasteiger partial charge on any atom is 0.409 e. The van der Waals surface area contributed by atoms with E-state index in [0.29, 0.717) is 38.8 Å². The highest BCUT2D eigenvalue weighted by atomic mass is 16.4. The summed E-state index contributed by atoms with van der Waals surface area (Å²) in [5.74, 6) is -1.17. The molecule has 2 atom stereocenters. The third-order valence-electron chi connectivity index (χ3n) is 9.50. The average Bonchev–Trinajstić information content (AvgIpc) is 3.84. The van der Waals surface area contributed by atoms with Gasteiger partial charge in [-0.3, -0.25) is 29.8 Å². The van der Waals surface area contributed by atoms with Crippen molar-refractivity contribution in [3.8, 4) is 11.1 Å². The van der Waals surface area contributed by atoms with Crippen LogP contribution in [0.1, 0.15) is 36.8 Å². The summed E-state index contributed by atoms with van der Waals surface area (Å²) in [6.45, 7) is 0.880. The van der Waals surface area contributed by atoms with Crippen LogP contribution in [-0.2, 0) is 32.0 Å². The first-order chi connectivity index (χ1) is 26.0. The van der Waals surface area contributed by atoms with Gasteiger partial charge < -0.3 is 30.6 Å². The summed E-state index contributed by atoms with van der Waals surface area (Å²) in [4.78, 5) is 79.9. The van der Waals surface area contributed by atoms with Crippen LogP contribution in [0.4, 0.5) is 32.3 Å². The van der Waals surface area contributed by atoms with Crippen LogP contribution in [0.5, 0.6) is 0 Å². The van der Waals surface area contributed by atoms with Gasteiger partial charge in [-0.15, -0.1) is 0 Å². The second-order valence-corrected chi connectivity index (χ2v) is 13.2. The molecular formula is C40H40N6O8. The number of nitrogens with one attached hydrogen (secondary N) is 4. The summed E-state index contributed by atoms with van der Waals surface area (Å²) in [5, 5.41) is 29.6. The van der Waals surface area contributed by atoms with Crippen LogP contribution in [0.15, 0.2) is 97.1 Å². The molecule has 4 aromatic carbocycles. The second-order valence-electron chi connectivity index (χ2n) is 13.2. The minimum absolute atomic E-state index is 0.0486. The van der Waals surface area contributed by atoms with E-state index in [1.54, 1.807) is 21.9 Å². The molecule has 2 saturated heterocycles. The molecule has 6 amide bonds. The molecule has 278 valence electrons. The Morgan fingerprint density at radius 1 is 0.537 bits per heavy atom. The van der Waals surface area contributed by atoms with Gasteiger partial charge in [-0.05, 0) is 61.1 Å². The first kappa shape index (κ1) is 37.1. The van der Waals surface area contributed by atoms with E-state index in [4.69, 9.17) is 0 Å². The third-order valence-corrected chi connectivity index (χ3v) is 9.50. The van der Waals surface area contributed by atoms with Crippen LogP contribution in [0.3, 0.4) is 0 Å². The van der Waals surface area contributed by atoms with Crippen molar-refractivity contribution in [1.29, 1.82) is 0 Å². The van der Waals surface area contributed by atoms with Crippen molar-refractivity contribution in [2.75, 3.05) is 34.4 Å². The molecule has 2 aliphatic rings. The lowest BCUT2D eigenvalue weighted by molar-refractivity contribution is -0.136. The number of benzene rings is 4. The number of nitrogens with zero attached hydrogens (tertiary/aromatic N) is 2. The van der Waals surface area contributed by atoms with Gasteiger partial charge in [-0.1, -0.05) is 72.8 Å². The van der Waals surface area contributed by atoms with Crippen LogP contribution >= 0.6 is 0 Å². The number of hydrogen-bond acceptors (Lipinski definition) is 6. The highest BCUT2D eigenvalue weighted by Crippen LogP contribution is 2.38. The van der Waals surface area contributed by atoms with E-state index in [1.165, 1.54) is 24.3 Å². The van der Waals surface area contributed by atoms with Crippen LogP contribution in [0.25, 0.3) is 11.1 Å². The van der Waals surface area contributed by atoms with E-state index in [2.05, 4.69) is 21.3 Å². The first-order valence-electron chi connectivity index (χ1n) is 17.6. The lowest BCUT2D eigenvalue weighted by atomic mass is 10.00. The van der Waals surface area contributed by atoms with Gasteiger partial charge in [0.2, 0.25) is 23.6 Å². The van der Waals surface area contributed by atoms with Gasteiger partial charge in [0.05, 0.1) is 24.2 Å². The van der Waals surface area contributed by atoms with E-state index >= 15 is 0 Å². The van der Waals surface area contributed by atoms with Crippen molar-refractivity contribution in [3.63, 3.8) is 0 Å². The monoisotopic (exact) mass is 732 g/mol. The first-order valence-corrected chi connectivity index (χ1v) is 17.6. The number of likely N-dealkylation sites (tertiary alicyclic amines) is 2. The molecule has 2 heterocycles. The zero-order chi connectivity index (χ0) is 38.2. The minimum Gasteiger partial charge on any atom is -0.465 e. The quantitative estimate of drug-likeness (QED) is 0.110. The summed E-state index contributed by atoms with van der Waals surface area (Å²) in [7, 11) is 0. The summed E-state index contributed by atoms with van der Waals surface area (Å²) in [6.07, 6.45) is -0.209. The lowest BCUT2D eigenvalue weighted by Gasteiger charge is -2.25. The van der Waals surface area contributed by atoms with Gasteiger partial charge in [0.1, 0.15) is 12.1 Å². The molecule has 0 spiro atoms. The van der Waals surface area contributed by atoms with E-state index in [-0.39, 0.29) is 58.5 Å². The molecule has 0 saturated carbocycles. The molecule has 14 nitrogen and oxygen atoms in total. The normalized spacial score (nSPS) is 16.4. The van der Waals surface area contributed by atoms with E-state index in [1.807, 2.05) is 60.7 Å². The topological polar surface area (TPSA) is 197 Å². The van der Waals surface area contributed by atoms with Crippen molar-refractivity contribution in [2.24, 2.45) is 0 Å². The summed E-state index contributed by atoms with van der Waals surface area (Å²) in [5.41, 5.74) is 2.86. The number of carbonyl (C=O) groups excluding carboxylic acids is 4. The van der Waals surface area contributed by atoms with Gasteiger partial charge >= 0.3 is 12.2 Å². The molecule has 0 bridgehead atoms. The zero-order valence-corrected chi connectivity index (χ0v) is 29.3. The molecule has 0 aliphatic carbocycles. The van der Waals surface area contributed by atoms with Crippen molar-refractivity contribution < 1.29 is 39.0 Å². The Morgan fingerprint density at radius 2 is 0.926 bits per heavy atom. The molecule has 6 N–H and O–H groups in total. The molecule has 54 heavy (non-hydrogen) atoms. The Balaban J connectivity index is 1.19. The van der Waals surface area contributed by atoms with Crippen LogP contribution in [0, 0.1) is 0 Å². The van der Waals surface area contributed by atoms with Crippen LogP contribution in [0.2, 0.25) is 0 Å². The number of carboxylic acid groups (broad SMARTS) is 2. The fourth-order valence-corrected chi connectivity index (χ4v) is 7.02.